The van der Waals surface area contributed by atoms with Gasteiger partial charge in [-0.25, -0.2) is 18.7 Å². The highest BCUT2D eigenvalue weighted by molar-refractivity contribution is 5.96. The van der Waals surface area contributed by atoms with E-state index in [1.807, 2.05) is 6.92 Å². The van der Waals surface area contributed by atoms with E-state index in [1.54, 1.807) is 19.2 Å². The maximum Gasteiger partial charge on any atom is 0.175 e. The molecule has 6 nitrogen and oxygen atoms in total. The highest BCUT2D eigenvalue weighted by Crippen LogP contribution is 2.33. The van der Waals surface area contributed by atoms with E-state index in [9.17, 15) is 8.78 Å². The molecule has 1 aromatic rings. The van der Waals surface area contributed by atoms with Crippen LogP contribution in [-0.4, -0.2) is 42.1 Å². The molecular formula is C22H25F2N5O. The Kier molecular flexibility index (Phi) is 6.92. The number of ether oxygens (including phenoxy) is 1. The van der Waals surface area contributed by atoms with Crippen LogP contribution in [0.5, 0.6) is 0 Å². The molecule has 1 unspecified atom stereocenters. The lowest BCUT2D eigenvalue weighted by Crippen LogP contribution is -2.14. The SMILES string of the molecule is CCOC1=CC(C2=CC(F)=CC(F)C2)=C=Cc2c(NC)nc(C(=N)CCCN)nc21. The lowest BCUT2D eigenvalue weighted by molar-refractivity contribution is 0.296. The molecule has 30 heavy (non-hydrogen) atoms. The topological polar surface area (TPSA) is 96.9 Å². The van der Waals surface area contributed by atoms with Gasteiger partial charge in [0.05, 0.1) is 17.9 Å². The molecule has 1 atom stereocenters. The second-order valence-corrected chi connectivity index (χ2v) is 6.86. The van der Waals surface area contributed by atoms with Crippen LogP contribution >= 0.6 is 0 Å². The van der Waals surface area contributed by atoms with Gasteiger partial charge in [0, 0.05) is 19.0 Å². The summed E-state index contributed by atoms with van der Waals surface area (Å²) in [5.74, 6) is 0.613. The van der Waals surface area contributed by atoms with Crippen molar-refractivity contribution in [1.82, 2.24) is 9.97 Å². The fraction of sp³-hybridized carbons (Fsp3) is 0.364. The number of nitrogens with one attached hydrogen (secondary N) is 2. The second kappa shape index (κ2) is 9.61. The lowest BCUT2D eigenvalue weighted by Gasteiger charge is -2.16. The normalized spacial score (nSPS) is 17.8. The fourth-order valence-electron chi connectivity index (χ4n) is 3.26. The van der Waals surface area contributed by atoms with E-state index in [4.69, 9.17) is 15.9 Å². The standard InChI is InChI=1S/C22H25F2N5O/c1-3-30-19-11-13(14-9-15(23)12-16(24)10-14)6-7-17-20(19)28-22(29-21(17)27-2)18(26)5-4-8-25/h7,9,11-12,16,26H,3-5,8,10,25H2,1-2H3,(H,27,28,29). The zero-order valence-electron chi connectivity index (χ0n) is 17.1. The Hall–Kier alpha value is -3.09. The number of nitrogens with two attached hydrogens (primary N) is 1. The average Bonchev–Trinajstić information content (AvgIpc) is 2.90. The molecule has 1 aromatic heterocycles. The molecule has 0 radical (unpaired) electrons. The minimum Gasteiger partial charge on any atom is -0.492 e. The molecule has 4 N–H and O–H groups in total. The third-order valence-corrected chi connectivity index (χ3v) is 4.68. The van der Waals surface area contributed by atoms with Gasteiger partial charge in [0.15, 0.2) is 5.82 Å². The summed E-state index contributed by atoms with van der Waals surface area (Å²) >= 11 is 0. The molecule has 0 spiro atoms. The monoisotopic (exact) mass is 413 g/mol. The number of alkyl halides is 1. The highest BCUT2D eigenvalue weighted by Gasteiger charge is 2.23. The van der Waals surface area contributed by atoms with Gasteiger partial charge >= 0.3 is 0 Å². The number of halogens is 2. The molecule has 0 saturated heterocycles. The lowest BCUT2D eigenvalue weighted by atomic mass is 9.96. The molecule has 0 aliphatic heterocycles. The molecule has 0 aromatic carbocycles. The van der Waals surface area contributed by atoms with Crippen molar-refractivity contribution in [1.29, 1.82) is 5.41 Å². The van der Waals surface area contributed by atoms with Crippen LogP contribution in [0.4, 0.5) is 14.6 Å². The van der Waals surface area contributed by atoms with Crippen molar-refractivity contribution in [3.63, 3.8) is 0 Å². The summed E-state index contributed by atoms with van der Waals surface area (Å²) in [4.78, 5) is 9.03. The number of hydrogen-bond acceptors (Lipinski definition) is 6. The average molecular weight is 413 g/mol. The Labute approximate surface area is 174 Å². The number of allylic oxidation sites excluding steroid dienone is 6. The summed E-state index contributed by atoms with van der Waals surface area (Å²) in [5, 5.41) is 11.3. The van der Waals surface area contributed by atoms with Gasteiger partial charge in [-0.2, -0.15) is 0 Å². The van der Waals surface area contributed by atoms with Crippen LogP contribution in [0.2, 0.25) is 0 Å². The van der Waals surface area contributed by atoms with Crippen molar-refractivity contribution in [2.75, 3.05) is 25.5 Å². The summed E-state index contributed by atoms with van der Waals surface area (Å²) < 4.78 is 33.5. The minimum absolute atomic E-state index is 0.0510. The third-order valence-electron chi connectivity index (χ3n) is 4.68. The van der Waals surface area contributed by atoms with Crippen LogP contribution < -0.4 is 11.1 Å². The Bertz CT molecular complexity index is 1000. The fourth-order valence-corrected chi connectivity index (χ4v) is 3.26. The molecule has 3 rings (SSSR count). The van der Waals surface area contributed by atoms with E-state index in [0.29, 0.717) is 60.0 Å². The van der Waals surface area contributed by atoms with Gasteiger partial charge in [0.1, 0.15) is 29.3 Å². The molecule has 2 aliphatic rings. The van der Waals surface area contributed by atoms with Crippen molar-refractivity contribution < 1.29 is 13.5 Å². The molecule has 2 aliphatic carbocycles. The number of anilines is 1. The number of nitrogens with zero attached hydrogens (tertiary/aromatic N) is 2. The minimum atomic E-state index is -1.39. The van der Waals surface area contributed by atoms with Gasteiger partial charge in [-0.1, -0.05) is 0 Å². The largest absolute Gasteiger partial charge is 0.492 e. The van der Waals surface area contributed by atoms with Crippen molar-refractivity contribution in [2.45, 2.75) is 32.4 Å². The van der Waals surface area contributed by atoms with Crippen LogP contribution in [0, 0.1) is 5.41 Å². The molecule has 0 amide bonds. The van der Waals surface area contributed by atoms with E-state index in [1.165, 1.54) is 6.08 Å². The Morgan fingerprint density at radius 1 is 1.40 bits per heavy atom. The summed E-state index contributed by atoms with van der Waals surface area (Å²) in [6.45, 7) is 2.69. The summed E-state index contributed by atoms with van der Waals surface area (Å²) in [6.07, 6.45) is 5.40. The van der Waals surface area contributed by atoms with Crippen molar-refractivity contribution in [2.24, 2.45) is 5.73 Å². The highest BCUT2D eigenvalue weighted by atomic mass is 19.1. The van der Waals surface area contributed by atoms with Crippen LogP contribution in [0.1, 0.15) is 43.3 Å². The van der Waals surface area contributed by atoms with Crippen molar-refractivity contribution in [3.05, 3.63) is 58.0 Å². The van der Waals surface area contributed by atoms with E-state index >= 15 is 0 Å². The molecule has 8 heteroatoms. The van der Waals surface area contributed by atoms with Crippen LogP contribution in [0.25, 0.3) is 11.8 Å². The summed E-state index contributed by atoms with van der Waals surface area (Å²) in [5.41, 5.74) is 11.1. The maximum absolute atomic E-state index is 13.9. The van der Waals surface area contributed by atoms with Gasteiger partial charge in [-0.3, -0.25) is 0 Å². The molecular weight excluding hydrogens is 388 g/mol. The van der Waals surface area contributed by atoms with E-state index in [-0.39, 0.29) is 18.0 Å². The maximum atomic E-state index is 13.9. The second-order valence-electron chi connectivity index (χ2n) is 6.86. The van der Waals surface area contributed by atoms with E-state index in [0.717, 1.165) is 6.08 Å². The summed E-state index contributed by atoms with van der Waals surface area (Å²) in [6, 6.07) is 0. The smallest absolute Gasteiger partial charge is 0.175 e. The first-order valence-corrected chi connectivity index (χ1v) is 9.88. The van der Waals surface area contributed by atoms with Crippen LogP contribution in [0.3, 0.4) is 0 Å². The zero-order chi connectivity index (χ0) is 21.7. The number of fused-ring (bicyclic) bond motifs is 1. The first-order valence-electron chi connectivity index (χ1n) is 9.88. The first-order chi connectivity index (χ1) is 14.5. The molecule has 0 fully saturated rings. The molecule has 1 heterocycles. The number of aromatic nitrogens is 2. The van der Waals surface area contributed by atoms with Crippen LogP contribution in [-0.2, 0) is 4.74 Å². The van der Waals surface area contributed by atoms with Crippen LogP contribution in [0.15, 0.2) is 40.9 Å². The van der Waals surface area contributed by atoms with Crippen molar-refractivity contribution in [3.8, 4) is 0 Å². The Morgan fingerprint density at radius 2 is 2.20 bits per heavy atom. The van der Waals surface area contributed by atoms with Gasteiger partial charge in [-0.15, -0.1) is 5.73 Å². The Balaban J connectivity index is 2.12. The molecule has 158 valence electrons. The van der Waals surface area contributed by atoms with Gasteiger partial charge in [-0.05, 0) is 56.2 Å². The Morgan fingerprint density at radius 3 is 2.87 bits per heavy atom. The number of rotatable bonds is 8. The van der Waals surface area contributed by atoms with Gasteiger partial charge < -0.3 is 21.2 Å². The molecule has 0 bridgehead atoms. The first kappa shape index (κ1) is 21.6. The predicted molar refractivity (Wildman–Crippen MR) is 115 cm³/mol. The summed E-state index contributed by atoms with van der Waals surface area (Å²) in [7, 11) is 1.72. The number of hydrogen-bond donors (Lipinski definition) is 3. The van der Waals surface area contributed by atoms with E-state index < -0.39 is 12.0 Å². The van der Waals surface area contributed by atoms with Gasteiger partial charge in [0.2, 0.25) is 0 Å². The van der Waals surface area contributed by atoms with Crippen molar-refractivity contribution >= 4 is 23.4 Å². The third kappa shape index (κ3) is 4.72. The quantitative estimate of drug-likeness (QED) is 0.441. The predicted octanol–water partition coefficient (Wildman–Crippen LogP) is 4.08. The molecule has 0 saturated carbocycles. The van der Waals surface area contributed by atoms with E-state index in [2.05, 4.69) is 21.0 Å². The van der Waals surface area contributed by atoms with Gasteiger partial charge in [0.25, 0.3) is 0 Å². The zero-order valence-corrected chi connectivity index (χ0v) is 17.1.